The first-order chi connectivity index (χ1) is 8.02. The van der Waals surface area contributed by atoms with E-state index in [1.54, 1.807) is 6.07 Å². The number of benzene rings is 1. The molecule has 0 spiro atoms. The van der Waals surface area contributed by atoms with Crippen LogP contribution in [-0.4, -0.2) is 26.0 Å². The molecule has 1 heterocycles. The number of sulfone groups is 1. The quantitative estimate of drug-likeness (QED) is 0.795. The van der Waals surface area contributed by atoms with E-state index in [9.17, 15) is 8.42 Å². The van der Waals surface area contributed by atoms with Gasteiger partial charge in [-0.1, -0.05) is 39.7 Å². The maximum atomic E-state index is 11.3. The van der Waals surface area contributed by atoms with Gasteiger partial charge in [-0.15, -0.1) is 0 Å². The van der Waals surface area contributed by atoms with Crippen LogP contribution in [0.2, 0.25) is 5.02 Å². The average Bonchev–Trinajstić information content (AvgIpc) is 2.61. The van der Waals surface area contributed by atoms with Crippen LogP contribution < -0.4 is 4.74 Å². The third-order valence-electron chi connectivity index (χ3n) is 2.67. The summed E-state index contributed by atoms with van der Waals surface area (Å²) < 4.78 is 28.4. The first kappa shape index (κ1) is 13.2. The molecule has 1 aliphatic rings. The zero-order valence-corrected chi connectivity index (χ0v) is 12.2. The summed E-state index contributed by atoms with van der Waals surface area (Å²) in [5.41, 5.74) is 0.932. The molecule has 1 aromatic carbocycles. The lowest BCUT2D eigenvalue weighted by Gasteiger charge is -2.16. The summed E-state index contributed by atoms with van der Waals surface area (Å²) in [7, 11) is -2.93. The highest BCUT2D eigenvalue weighted by Crippen LogP contribution is 2.32. The van der Waals surface area contributed by atoms with Gasteiger partial charge < -0.3 is 4.74 Å². The molecule has 0 aliphatic carbocycles. The highest BCUT2D eigenvalue weighted by atomic mass is 79.9. The predicted octanol–water partition coefficient (Wildman–Crippen LogP) is 2.80. The fraction of sp³-hybridized carbons (Fsp3) is 0.455. The van der Waals surface area contributed by atoms with Gasteiger partial charge in [-0.3, -0.25) is 0 Å². The van der Waals surface area contributed by atoms with Crippen LogP contribution in [0.4, 0.5) is 0 Å². The number of hydrogen-bond acceptors (Lipinski definition) is 3. The molecule has 94 valence electrons. The van der Waals surface area contributed by atoms with E-state index < -0.39 is 9.84 Å². The van der Waals surface area contributed by atoms with E-state index >= 15 is 0 Å². The van der Waals surface area contributed by atoms with Gasteiger partial charge in [-0.05, 0) is 12.5 Å². The SMILES string of the molecule is O=S1(=O)CCC(Oc2c(Cl)cccc2CBr)C1. The monoisotopic (exact) mass is 338 g/mol. The lowest BCUT2D eigenvalue weighted by atomic mass is 10.2. The number of ether oxygens (including phenoxy) is 1. The van der Waals surface area contributed by atoms with E-state index in [1.807, 2.05) is 12.1 Å². The van der Waals surface area contributed by atoms with Crippen molar-refractivity contribution in [3.63, 3.8) is 0 Å². The highest BCUT2D eigenvalue weighted by molar-refractivity contribution is 9.08. The van der Waals surface area contributed by atoms with Crippen molar-refractivity contribution in [3.05, 3.63) is 28.8 Å². The zero-order valence-electron chi connectivity index (χ0n) is 9.03. The molecule has 1 aliphatic heterocycles. The third-order valence-corrected chi connectivity index (χ3v) is 5.31. The summed E-state index contributed by atoms with van der Waals surface area (Å²) in [6.07, 6.45) is 0.257. The highest BCUT2D eigenvalue weighted by Gasteiger charge is 2.30. The van der Waals surface area contributed by atoms with Crippen LogP contribution in [-0.2, 0) is 15.2 Å². The molecule has 6 heteroatoms. The van der Waals surface area contributed by atoms with Crippen LogP contribution in [0, 0.1) is 0 Å². The van der Waals surface area contributed by atoms with Crippen molar-refractivity contribution in [2.24, 2.45) is 0 Å². The van der Waals surface area contributed by atoms with Gasteiger partial charge in [0.15, 0.2) is 9.84 Å². The minimum atomic E-state index is -2.93. The van der Waals surface area contributed by atoms with Crippen molar-refractivity contribution in [3.8, 4) is 5.75 Å². The van der Waals surface area contributed by atoms with Gasteiger partial charge in [0.05, 0.1) is 16.5 Å². The summed E-state index contributed by atoms with van der Waals surface area (Å²) in [5, 5.41) is 1.15. The molecule has 3 nitrogen and oxygen atoms in total. The molecular weight excluding hydrogens is 328 g/mol. The summed E-state index contributed by atoms with van der Waals surface area (Å²) in [5.74, 6) is 0.874. The van der Waals surface area contributed by atoms with E-state index in [4.69, 9.17) is 16.3 Å². The van der Waals surface area contributed by atoms with E-state index in [0.29, 0.717) is 22.5 Å². The molecule has 1 atom stereocenters. The summed E-state index contributed by atoms with van der Waals surface area (Å²) in [6.45, 7) is 0. The van der Waals surface area contributed by atoms with Crippen LogP contribution in [0.3, 0.4) is 0 Å². The van der Waals surface area contributed by atoms with E-state index in [1.165, 1.54) is 0 Å². The molecule has 0 amide bonds. The molecule has 0 N–H and O–H groups in total. The Hall–Kier alpha value is -0.260. The zero-order chi connectivity index (χ0) is 12.5. The molecule has 0 bridgehead atoms. The van der Waals surface area contributed by atoms with Crippen LogP contribution in [0.15, 0.2) is 18.2 Å². The fourth-order valence-corrected chi connectivity index (χ4v) is 4.08. The predicted molar refractivity (Wildman–Crippen MR) is 71.8 cm³/mol. The second kappa shape index (κ2) is 5.16. The number of halogens is 2. The smallest absolute Gasteiger partial charge is 0.154 e. The molecular formula is C11H12BrClO3S. The molecule has 2 rings (SSSR count). The Morgan fingerprint density at radius 1 is 1.47 bits per heavy atom. The molecule has 0 radical (unpaired) electrons. The maximum absolute atomic E-state index is 11.3. The minimum Gasteiger partial charge on any atom is -0.487 e. The van der Waals surface area contributed by atoms with Crippen molar-refractivity contribution >= 4 is 37.4 Å². The Bertz CT molecular complexity index is 515. The lowest BCUT2D eigenvalue weighted by Crippen LogP contribution is -2.18. The van der Waals surface area contributed by atoms with Gasteiger partial charge in [0.25, 0.3) is 0 Å². The average molecular weight is 340 g/mol. The lowest BCUT2D eigenvalue weighted by molar-refractivity contribution is 0.227. The van der Waals surface area contributed by atoms with Gasteiger partial charge in [-0.2, -0.15) is 0 Å². The summed E-state index contributed by atoms with van der Waals surface area (Å²) in [6, 6.07) is 5.49. The topological polar surface area (TPSA) is 43.4 Å². The molecule has 1 fully saturated rings. The Morgan fingerprint density at radius 2 is 2.24 bits per heavy atom. The number of alkyl halides is 1. The third kappa shape index (κ3) is 3.14. The summed E-state index contributed by atoms with van der Waals surface area (Å²) in [4.78, 5) is 0. The van der Waals surface area contributed by atoms with Crippen LogP contribution in [0.5, 0.6) is 5.75 Å². The van der Waals surface area contributed by atoms with E-state index in [2.05, 4.69) is 15.9 Å². The first-order valence-corrected chi connectivity index (χ1v) is 8.54. The normalized spacial score (nSPS) is 22.6. The second-order valence-corrected chi connectivity index (χ2v) is 7.20. The first-order valence-electron chi connectivity index (χ1n) is 5.22. The fourth-order valence-electron chi connectivity index (χ4n) is 1.81. The van der Waals surface area contributed by atoms with E-state index in [0.717, 1.165) is 5.56 Å². The van der Waals surface area contributed by atoms with Gasteiger partial charge in [-0.25, -0.2) is 8.42 Å². The van der Waals surface area contributed by atoms with Crippen molar-refractivity contribution < 1.29 is 13.2 Å². The van der Waals surface area contributed by atoms with Gasteiger partial charge in [0.1, 0.15) is 11.9 Å². The molecule has 1 unspecified atom stereocenters. The summed E-state index contributed by atoms with van der Waals surface area (Å²) >= 11 is 9.42. The Morgan fingerprint density at radius 3 is 2.82 bits per heavy atom. The minimum absolute atomic E-state index is 0.0833. The Balaban J connectivity index is 2.19. The van der Waals surface area contributed by atoms with Crippen molar-refractivity contribution in [1.29, 1.82) is 0 Å². The Labute approximate surface area is 114 Å². The van der Waals surface area contributed by atoms with Crippen molar-refractivity contribution in [2.75, 3.05) is 11.5 Å². The largest absolute Gasteiger partial charge is 0.487 e. The number of para-hydroxylation sites is 1. The van der Waals surface area contributed by atoms with Crippen molar-refractivity contribution in [1.82, 2.24) is 0 Å². The van der Waals surface area contributed by atoms with E-state index in [-0.39, 0.29) is 17.6 Å². The molecule has 17 heavy (non-hydrogen) atoms. The number of rotatable bonds is 3. The van der Waals surface area contributed by atoms with Gasteiger partial charge >= 0.3 is 0 Å². The van der Waals surface area contributed by atoms with Gasteiger partial charge in [0.2, 0.25) is 0 Å². The molecule has 1 saturated heterocycles. The molecule has 0 aromatic heterocycles. The molecule has 1 aromatic rings. The van der Waals surface area contributed by atoms with Crippen molar-refractivity contribution in [2.45, 2.75) is 17.9 Å². The van der Waals surface area contributed by atoms with Gasteiger partial charge in [0, 0.05) is 10.9 Å². The second-order valence-electron chi connectivity index (χ2n) is 4.00. The van der Waals surface area contributed by atoms with Crippen LogP contribution in [0.25, 0.3) is 0 Å². The van der Waals surface area contributed by atoms with Crippen LogP contribution >= 0.6 is 27.5 Å². The molecule has 0 saturated carbocycles. The number of hydrogen-bond donors (Lipinski definition) is 0. The Kier molecular flexibility index (Phi) is 4.00. The van der Waals surface area contributed by atoms with Crippen LogP contribution in [0.1, 0.15) is 12.0 Å². The standard InChI is InChI=1S/C11H12BrClO3S/c12-6-8-2-1-3-10(13)11(8)16-9-4-5-17(14,15)7-9/h1-3,9H,4-7H2. The maximum Gasteiger partial charge on any atom is 0.154 e.